The summed E-state index contributed by atoms with van der Waals surface area (Å²) >= 11 is 0. The fourth-order valence-corrected chi connectivity index (χ4v) is 7.79. The predicted octanol–water partition coefficient (Wildman–Crippen LogP) is -0.0608. The molecule has 0 aromatic heterocycles. The third-order valence-corrected chi connectivity index (χ3v) is 9.83. The standard InChI is InChI=1S/C32H36N4O7/c1-35(2)26-21-14-18-13-20-19(17-5-3-16(4-6-17)15-36-11-9-34-10-12-36)7-8-22(37)24(20)27(38)23(18)29(40)32(21,43)30(41)25(28(26)39)31(33)42/h3-8,18,21,23,25-26,34,37,43H,9-15H2,1-2H3,(H2,33,42)/t18-,21-,23?,25?,26-,32-/m0/s1. The second-order valence-electron chi connectivity index (χ2n) is 12.5. The molecule has 0 radical (unpaired) electrons. The number of nitrogens with one attached hydrogen (secondary N) is 1. The van der Waals surface area contributed by atoms with E-state index in [1.165, 1.54) is 11.0 Å². The number of Topliss-reactive ketones (excluding diaryl/α,β-unsaturated/α-hetero) is 4. The molecule has 2 saturated carbocycles. The zero-order chi connectivity index (χ0) is 30.8. The summed E-state index contributed by atoms with van der Waals surface area (Å²) in [6, 6.07) is 10.1. The number of phenols is 1. The number of primary amides is 1. The number of hydrogen-bond donors (Lipinski definition) is 4. The SMILES string of the molecule is CN(C)[C@@H]1C(=O)C(C(N)=O)C(=O)[C@@]2(O)C(=O)C3C(=O)c4c(O)ccc(-c5ccc(CN6CCNCC6)cc5)c4C[C@H]3C[C@@H]12. The Kier molecular flexibility index (Phi) is 7.32. The second kappa shape index (κ2) is 10.7. The van der Waals surface area contributed by atoms with Crippen molar-refractivity contribution >= 4 is 29.0 Å². The summed E-state index contributed by atoms with van der Waals surface area (Å²) in [5.41, 5.74) is 5.98. The largest absolute Gasteiger partial charge is 0.507 e. The Bertz CT molecular complexity index is 1530. The molecule has 11 nitrogen and oxygen atoms in total. The number of carbonyl (C=O) groups excluding carboxylic acids is 5. The van der Waals surface area contributed by atoms with Gasteiger partial charge in [-0.2, -0.15) is 0 Å². The van der Waals surface area contributed by atoms with E-state index in [1.54, 1.807) is 20.2 Å². The smallest absolute Gasteiger partial charge is 0.235 e. The summed E-state index contributed by atoms with van der Waals surface area (Å²) in [7, 11) is 3.13. The number of aliphatic hydroxyl groups is 1. The van der Waals surface area contributed by atoms with Crippen LogP contribution in [-0.2, 0) is 32.1 Å². The molecular weight excluding hydrogens is 552 g/mol. The first kappa shape index (κ1) is 29.3. The molecular formula is C32H36N4O7. The molecule has 2 unspecified atom stereocenters. The van der Waals surface area contributed by atoms with Gasteiger partial charge in [0.25, 0.3) is 0 Å². The summed E-state index contributed by atoms with van der Waals surface area (Å²) in [4.78, 5) is 70.7. The molecule has 1 aliphatic heterocycles. The van der Waals surface area contributed by atoms with Crippen molar-refractivity contribution in [2.45, 2.75) is 31.0 Å². The van der Waals surface area contributed by atoms with Crippen LogP contribution in [0.4, 0.5) is 0 Å². The van der Waals surface area contributed by atoms with Gasteiger partial charge in [0.05, 0.1) is 17.5 Å². The van der Waals surface area contributed by atoms with Crippen LogP contribution in [0.15, 0.2) is 36.4 Å². The number of phenolic OH excluding ortho intramolecular Hbond substituents is 1. The van der Waals surface area contributed by atoms with Crippen LogP contribution >= 0.6 is 0 Å². The first-order valence-electron chi connectivity index (χ1n) is 14.7. The molecule has 5 N–H and O–H groups in total. The van der Waals surface area contributed by atoms with Crippen LogP contribution in [-0.4, -0.2) is 101 Å². The van der Waals surface area contributed by atoms with E-state index in [4.69, 9.17) is 5.73 Å². The van der Waals surface area contributed by atoms with Crippen molar-refractivity contribution in [3.63, 3.8) is 0 Å². The molecule has 6 atom stereocenters. The third-order valence-electron chi connectivity index (χ3n) is 9.83. The maximum Gasteiger partial charge on any atom is 0.235 e. The van der Waals surface area contributed by atoms with E-state index in [1.807, 2.05) is 24.3 Å². The van der Waals surface area contributed by atoms with E-state index < -0.39 is 64.4 Å². The van der Waals surface area contributed by atoms with Gasteiger partial charge in [0.15, 0.2) is 34.7 Å². The van der Waals surface area contributed by atoms with Crippen molar-refractivity contribution in [3.8, 4) is 16.9 Å². The van der Waals surface area contributed by atoms with E-state index in [0.717, 1.165) is 49.4 Å². The molecule has 0 bridgehead atoms. The lowest BCUT2D eigenvalue weighted by Crippen LogP contribution is -2.74. The Hall–Kier alpha value is -3.77. The second-order valence-corrected chi connectivity index (χ2v) is 12.5. The van der Waals surface area contributed by atoms with Crippen molar-refractivity contribution in [2.24, 2.45) is 29.4 Å². The average molecular weight is 589 g/mol. The molecule has 1 saturated heterocycles. The minimum absolute atomic E-state index is 0.00557. The Morgan fingerprint density at radius 3 is 2.35 bits per heavy atom. The molecule has 3 fully saturated rings. The number of likely N-dealkylation sites (N-methyl/N-ethyl adjacent to an activating group) is 1. The van der Waals surface area contributed by atoms with E-state index in [0.29, 0.717) is 5.56 Å². The molecule has 2 aromatic carbocycles. The highest BCUT2D eigenvalue weighted by molar-refractivity contribution is 6.32. The van der Waals surface area contributed by atoms with Crippen LogP contribution in [0.5, 0.6) is 5.75 Å². The first-order chi connectivity index (χ1) is 20.4. The van der Waals surface area contributed by atoms with Gasteiger partial charge < -0.3 is 21.3 Å². The number of rotatable bonds is 5. The molecule has 226 valence electrons. The summed E-state index contributed by atoms with van der Waals surface area (Å²) < 4.78 is 0. The monoisotopic (exact) mass is 588 g/mol. The topological polar surface area (TPSA) is 170 Å². The summed E-state index contributed by atoms with van der Waals surface area (Å²) in [5, 5.41) is 25.9. The van der Waals surface area contributed by atoms with Crippen molar-refractivity contribution < 1.29 is 34.2 Å². The quantitative estimate of drug-likeness (QED) is 0.347. The van der Waals surface area contributed by atoms with Gasteiger partial charge in [0.2, 0.25) is 5.91 Å². The number of carbonyl (C=O) groups is 5. The number of amides is 1. The molecule has 0 spiro atoms. The van der Waals surface area contributed by atoms with Crippen LogP contribution in [0.2, 0.25) is 0 Å². The minimum Gasteiger partial charge on any atom is -0.507 e. The number of nitrogens with two attached hydrogens (primary N) is 1. The maximum absolute atomic E-state index is 14.0. The summed E-state index contributed by atoms with van der Waals surface area (Å²) in [6.07, 6.45) is 0.237. The van der Waals surface area contributed by atoms with Gasteiger partial charge in [-0.05, 0) is 61.2 Å². The van der Waals surface area contributed by atoms with E-state index >= 15 is 0 Å². The van der Waals surface area contributed by atoms with Crippen molar-refractivity contribution in [3.05, 3.63) is 53.1 Å². The zero-order valence-corrected chi connectivity index (χ0v) is 24.2. The Morgan fingerprint density at radius 2 is 1.72 bits per heavy atom. The first-order valence-corrected chi connectivity index (χ1v) is 14.7. The van der Waals surface area contributed by atoms with Crippen LogP contribution in [0.3, 0.4) is 0 Å². The lowest BCUT2D eigenvalue weighted by Gasteiger charge is -2.52. The highest BCUT2D eigenvalue weighted by Crippen LogP contribution is 2.51. The number of nitrogens with zero attached hydrogens (tertiary/aromatic N) is 2. The number of hydrogen-bond acceptors (Lipinski definition) is 10. The molecule has 4 aliphatic rings. The van der Waals surface area contributed by atoms with Gasteiger partial charge in [0, 0.05) is 38.6 Å². The fourth-order valence-electron chi connectivity index (χ4n) is 7.79. The number of aromatic hydroxyl groups is 1. The Morgan fingerprint density at radius 1 is 1.05 bits per heavy atom. The van der Waals surface area contributed by atoms with E-state index in [-0.39, 0.29) is 24.2 Å². The van der Waals surface area contributed by atoms with Gasteiger partial charge in [-0.3, -0.25) is 33.8 Å². The Balaban J connectivity index is 1.37. The normalized spacial score (nSPS) is 31.0. The van der Waals surface area contributed by atoms with E-state index in [2.05, 4.69) is 10.2 Å². The molecule has 11 heteroatoms. The summed E-state index contributed by atoms with van der Waals surface area (Å²) in [5.74, 6) is -10.5. The third kappa shape index (κ3) is 4.53. The van der Waals surface area contributed by atoms with Gasteiger partial charge in [-0.1, -0.05) is 30.3 Å². The van der Waals surface area contributed by atoms with Crippen LogP contribution in [0.25, 0.3) is 11.1 Å². The predicted molar refractivity (Wildman–Crippen MR) is 155 cm³/mol. The Labute approximate surface area is 249 Å². The van der Waals surface area contributed by atoms with Gasteiger partial charge in [0.1, 0.15) is 5.75 Å². The van der Waals surface area contributed by atoms with Crippen LogP contribution < -0.4 is 11.1 Å². The van der Waals surface area contributed by atoms with Gasteiger partial charge >= 0.3 is 0 Å². The van der Waals surface area contributed by atoms with Crippen molar-refractivity contribution in [2.75, 3.05) is 40.3 Å². The van der Waals surface area contributed by atoms with Gasteiger partial charge in [-0.25, -0.2) is 0 Å². The van der Waals surface area contributed by atoms with Crippen molar-refractivity contribution in [1.82, 2.24) is 15.1 Å². The van der Waals surface area contributed by atoms with Crippen LogP contribution in [0, 0.1) is 23.7 Å². The number of ketones is 4. The van der Waals surface area contributed by atoms with Crippen molar-refractivity contribution in [1.29, 1.82) is 0 Å². The summed E-state index contributed by atoms with van der Waals surface area (Å²) in [6.45, 7) is 4.69. The van der Waals surface area contributed by atoms with Gasteiger partial charge in [-0.15, -0.1) is 0 Å². The lowest BCUT2D eigenvalue weighted by molar-refractivity contribution is -0.181. The number of piperazine rings is 1. The maximum atomic E-state index is 14.0. The average Bonchev–Trinajstić information content (AvgIpc) is 2.96. The molecule has 43 heavy (non-hydrogen) atoms. The van der Waals surface area contributed by atoms with Crippen LogP contribution in [0.1, 0.15) is 27.9 Å². The highest BCUT2D eigenvalue weighted by atomic mass is 16.3. The molecule has 1 heterocycles. The molecule has 1 amide bonds. The lowest BCUT2D eigenvalue weighted by atomic mass is 9.52. The number of benzene rings is 2. The zero-order valence-electron chi connectivity index (χ0n) is 24.2. The number of fused-ring (bicyclic) bond motifs is 3. The molecule has 2 aromatic rings. The fraction of sp³-hybridized carbons (Fsp3) is 0.469. The molecule has 6 rings (SSSR count). The minimum atomic E-state index is -2.73. The highest BCUT2D eigenvalue weighted by Gasteiger charge is 2.69. The van der Waals surface area contributed by atoms with E-state index in [9.17, 15) is 34.2 Å². The molecule has 3 aliphatic carbocycles.